The number of ether oxygens (including phenoxy) is 8. The van der Waals surface area contributed by atoms with Gasteiger partial charge in [-0.05, 0) is 207 Å². The minimum Gasteiger partial charge on any atom is -0.343 e. The summed E-state index contributed by atoms with van der Waals surface area (Å²) in [6.45, 7) is 37.0. The Balaban J connectivity index is 0.00000147. The van der Waals surface area contributed by atoms with Gasteiger partial charge in [0.15, 0.2) is 37.7 Å². The molecule has 11 heterocycles. The standard InChI is InChI=1S/C14H20Br2N2O2Si.C14H22N2O2Si.C13H19BrN2O2Si.C9H11BrN2O.C7H5BrN2O.C7H6N2O4.C6H6BrNO.C6H7NO.C5H13NO2.C4H9.2BHNS.Li/c1-10-12(15)13-11(5-6-17-18(13)14(10)16)20-9-19-7-8-21(2,3)4;1-12-9-13-14(5-6-15-16(13)10-12)18-11-17-7-8-19(2,3)4;1-19(2,3)7-6-17-10-18-13-4-5-15-16-9-11(14)8-12(13)16;1-12(2)4-3-9(13)8-5-7(10)6-11-8;8-5-3-6-7(11)1-2-9-10(6)4-5;8-13-7(10)5-1-3-6(4-2-5)9(11)12;1-4(9)6-2-5(7)3-8-6;1-5(8)6-3-2-4-7-6;1-6(2)5(7-3)8-4;1-3-4-2;2*1-2-3;/h5-6H,7-9H2,1-4H3;5-6,9-10H,7-8,11H2,1-4H3;4-5,8-9H,6-7,10H2,1-3H3;3-6,11H,1-2H3;1-4,9H;1-4H,8H2;2-3,8H,1H3;2-4,7H,1H3;5H,1-4H3;1,3-4H2,2H3;2*3H;/q;;;;;;;;;-1;;;+1/b;;;4-3+;;;;;;;;;. The third-order valence-corrected chi connectivity index (χ3v) is 25.1. The summed E-state index contributed by atoms with van der Waals surface area (Å²) in [5, 5.41) is 25.9. The van der Waals surface area contributed by atoms with Crippen molar-refractivity contribution in [2.24, 2.45) is 14.5 Å². The first-order valence-electron chi connectivity index (χ1n) is 40.0. The van der Waals surface area contributed by atoms with Crippen molar-refractivity contribution in [1.82, 2.24) is 63.2 Å². The van der Waals surface area contributed by atoms with E-state index in [1.807, 2.05) is 97.5 Å². The molecule has 33 nitrogen and oxygen atoms in total. The van der Waals surface area contributed by atoms with Gasteiger partial charge in [0.1, 0.15) is 38.2 Å². The number of nitro groups is 1. The van der Waals surface area contributed by atoms with E-state index in [9.17, 15) is 34.1 Å². The van der Waals surface area contributed by atoms with Gasteiger partial charge in [0.2, 0.25) is 17.6 Å². The zero-order chi connectivity index (χ0) is 99.2. The van der Waals surface area contributed by atoms with Crippen LogP contribution in [0.2, 0.25) is 77.1 Å². The second kappa shape index (κ2) is 67.8. The summed E-state index contributed by atoms with van der Waals surface area (Å²) in [4.78, 5) is 80.1. The number of carbonyl (C=O) groups excluding carboxylic acids is 4. The number of fused-ring (bicyclic) bond motifs is 4. The summed E-state index contributed by atoms with van der Waals surface area (Å²) in [5.41, 5.74) is 7.75. The zero-order valence-corrected chi connectivity index (χ0v) is 92.7. The van der Waals surface area contributed by atoms with Gasteiger partial charge in [0.25, 0.3) is 5.69 Å². The summed E-state index contributed by atoms with van der Waals surface area (Å²) in [7, 11) is 16.3. The Morgan fingerprint density at radius 3 is 1.46 bits per heavy atom. The molecule has 47 heteroatoms. The number of nitrogens with one attached hydrogen (secondary N) is 4. The topological polar surface area (TPSA) is 388 Å². The normalized spacial score (nSPS) is 10.5. The van der Waals surface area contributed by atoms with Crippen LogP contribution in [-0.4, -0.2) is 220 Å². The van der Waals surface area contributed by atoms with Crippen LogP contribution in [0.1, 0.15) is 86.6 Å². The van der Waals surface area contributed by atoms with Gasteiger partial charge in [0, 0.05) is 196 Å². The van der Waals surface area contributed by atoms with Gasteiger partial charge in [-0.2, -0.15) is 27.6 Å². The van der Waals surface area contributed by atoms with Crippen LogP contribution in [0.4, 0.5) is 5.69 Å². The molecule has 0 fully saturated rings. The van der Waals surface area contributed by atoms with Crippen molar-refractivity contribution < 1.29 is 85.7 Å². The number of allylic oxidation sites excluding steroid dienone is 1. The van der Waals surface area contributed by atoms with Crippen LogP contribution in [0.3, 0.4) is 0 Å². The number of ketones is 3. The predicted molar refractivity (Wildman–Crippen MR) is 556 cm³/mol. The molecule has 2 radical (unpaired) electrons. The third-order valence-electron chi connectivity index (χ3n) is 16.3. The number of unbranched alkanes of at least 4 members (excludes halogenated alkanes) is 1. The first kappa shape index (κ1) is 125. The van der Waals surface area contributed by atoms with Crippen molar-refractivity contribution in [3.8, 4) is 17.2 Å². The second-order valence-electron chi connectivity index (χ2n) is 31.4. The first-order valence-corrected chi connectivity index (χ1v) is 56.7. The van der Waals surface area contributed by atoms with Gasteiger partial charge in [-0.15, -0.1) is 0 Å². The molecule has 0 saturated heterocycles. The van der Waals surface area contributed by atoms with Crippen LogP contribution in [0, 0.1) is 30.9 Å². The van der Waals surface area contributed by atoms with E-state index in [-0.39, 0.29) is 72.9 Å². The van der Waals surface area contributed by atoms with E-state index in [1.165, 1.54) is 62.2 Å². The molecule has 12 rings (SSSR count). The van der Waals surface area contributed by atoms with E-state index < -0.39 is 35.1 Å². The third kappa shape index (κ3) is 52.1. The number of hydrogen-bond donors (Lipinski definition) is 7. The summed E-state index contributed by atoms with van der Waals surface area (Å²) >= 11 is 26.7. The molecular formula is C85H120B2Br6LiN17O16S2Si3. The summed E-state index contributed by atoms with van der Waals surface area (Å²) in [6, 6.07) is 28.3. The van der Waals surface area contributed by atoms with Crippen molar-refractivity contribution in [2.75, 3.05) is 82.6 Å². The van der Waals surface area contributed by atoms with Gasteiger partial charge in [0.05, 0.1) is 50.6 Å². The Morgan fingerprint density at radius 2 is 1.08 bits per heavy atom. The smallest absolute Gasteiger partial charge is 0.343 e. The molecule has 0 aliphatic heterocycles. The minimum absolute atomic E-state index is 0. The van der Waals surface area contributed by atoms with Crippen LogP contribution in [-0.2, 0) is 28.5 Å². The van der Waals surface area contributed by atoms with Crippen molar-refractivity contribution in [2.45, 2.75) is 131 Å². The fraction of sp³-hybridized carbons (Fsp3) is 0.376. The molecule has 714 valence electrons. The van der Waals surface area contributed by atoms with Gasteiger partial charge in [-0.25, -0.2) is 18.3 Å². The van der Waals surface area contributed by atoms with Gasteiger partial charge < -0.3 is 74.6 Å². The van der Waals surface area contributed by atoms with Crippen LogP contribution >= 0.6 is 121 Å². The molecule has 0 atom stereocenters. The summed E-state index contributed by atoms with van der Waals surface area (Å²) in [6.07, 6.45) is 23.0. The number of rotatable bonds is 29. The number of hydrogen-bond acceptors (Lipinski definition) is 26. The molecule has 1 aromatic carbocycles. The molecule has 132 heavy (non-hydrogen) atoms. The SMILES string of the molecule is CC(=O)c1cc(Br)c[nH]1.CC(=O)c1ccc[nH]1.CN(C)/C=C/C(=O)c1cc(Br)c[nH]1.COC(OC)N(C)C.C[Si](C)(C)CCOCOc1ccnn2cc(Br)cc12.Cc1c(Br)c2c(OCOCC[Si](C)(C)C)ccnn2c1Br.Cc1cc2c(OCOCC[Si](C)(C)C)ccnn2c1.NOC(=O)c1ccc([N+](=O)[O-])cc1.O=c1cc[nH]n2cc(Br)cc12.[B]=NS.[B]=NS.[CH2-]CCC.[Li+]. The Bertz CT molecular complexity index is 5350. The summed E-state index contributed by atoms with van der Waals surface area (Å²) < 4.78 is 61.6. The minimum atomic E-state index is -1.05. The van der Waals surface area contributed by atoms with Crippen LogP contribution in [0.5, 0.6) is 17.2 Å². The van der Waals surface area contributed by atoms with E-state index in [0.717, 1.165) is 111 Å². The van der Waals surface area contributed by atoms with Crippen molar-refractivity contribution >= 4 is 212 Å². The largest absolute Gasteiger partial charge is 1.00 e. The van der Waals surface area contributed by atoms with Gasteiger partial charge in [-0.3, -0.25) is 38.7 Å². The van der Waals surface area contributed by atoms with Crippen LogP contribution < -0.4 is 44.4 Å². The maximum absolute atomic E-state index is 11.4. The number of methoxy groups -OCH3 is 2. The molecule has 0 unspecified atom stereocenters. The fourth-order valence-corrected chi connectivity index (χ4v) is 14.6. The molecule has 0 aliphatic carbocycles. The number of H-pyrrole nitrogens is 4. The number of thiol groups is 2. The maximum Gasteiger partial charge on any atom is 1.00 e. The average Bonchev–Trinajstić information content (AvgIpc) is 1.62. The van der Waals surface area contributed by atoms with E-state index in [4.69, 9.17) is 37.9 Å². The molecule has 0 amide bonds. The van der Waals surface area contributed by atoms with Crippen molar-refractivity contribution in [3.63, 3.8) is 0 Å². The number of halogens is 6. The van der Waals surface area contributed by atoms with Crippen LogP contribution in [0.25, 0.3) is 22.1 Å². The number of nitro benzene ring substituents is 1. The second-order valence-corrected chi connectivity index (χ2v) is 54.0. The number of carbonyl (C=O) groups is 4. The quantitative estimate of drug-likeness (QED) is 0.00263. The number of Topliss-reactive ketones (excluding diaryl/α,β-unsaturated/α-hetero) is 2. The van der Waals surface area contributed by atoms with Crippen molar-refractivity contribution in [3.05, 3.63) is 253 Å². The molecule has 0 aliphatic rings. The number of aryl methyl sites for hydroxylation is 1. The van der Waals surface area contributed by atoms with Gasteiger partial charge >= 0.3 is 74.3 Å². The molecule has 0 spiro atoms. The Kier molecular flexibility index (Phi) is 64.1. The van der Waals surface area contributed by atoms with E-state index >= 15 is 0 Å². The zero-order valence-electron chi connectivity index (χ0n) is 78.4. The average molecular weight is 2290 g/mol. The van der Waals surface area contributed by atoms with E-state index in [1.54, 1.807) is 109 Å². The Morgan fingerprint density at radius 1 is 0.629 bits per heavy atom. The molecule has 0 saturated carbocycles. The monoisotopic (exact) mass is 2290 g/mol. The van der Waals surface area contributed by atoms with E-state index in [0.29, 0.717) is 29.4 Å². The number of nitrogens with zero attached hydrogens (tertiary/aromatic N) is 12. The molecule has 11 aromatic heterocycles. The molecular weight excluding hydrogens is 2170 g/mol. The van der Waals surface area contributed by atoms with Crippen LogP contribution in [0.15, 0.2) is 206 Å². The van der Waals surface area contributed by atoms with Crippen molar-refractivity contribution in [1.29, 1.82) is 0 Å². The number of nitrogens with two attached hydrogens (primary N) is 1. The maximum atomic E-state index is 11.4. The molecule has 6 N–H and O–H groups in total. The number of aromatic nitrogens is 11. The first-order chi connectivity index (χ1) is 61.7. The number of non-ortho nitro benzene ring substituents is 1. The molecule has 0 bridgehead atoms. The van der Waals surface area contributed by atoms with E-state index in [2.05, 4.69) is 270 Å². The fourth-order valence-electron chi connectivity index (χ4n) is 9.50. The Labute approximate surface area is 851 Å². The number of aromatic amines is 4. The Hall–Kier alpha value is -7.28. The summed E-state index contributed by atoms with van der Waals surface area (Å²) in [5.74, 6) is 6.36. The number of benzene rings is 1. The van der Waals surface area contributed by atoms with Gasteiger partial charge in [-0.1, -0.05) is 72.3 Å². The predicted octanol–water partition coefficient (Wildman–Crippen LogP) is 18.3. The molecule has 12 aromatic rings.